The first-order valence-corrected chi connectivity index (χ1v) is 14.2. The van der Waals surface area contributed by atoms with Crippen LogP contribution in [0.15, 0.2) is 55.1 Å². The Labute approximate surface area is 207 Å². The number of allylic oxidation sites excluding steroid dienone is 3. The van der Waals surface area contributed by atoms with E-state index in [9.17, 15) is 0 Å². The molecule has 0 bridgehead atoms. The van der Waals surface area contributed by atoms with Crippen molar-refractivity contribution in [3.05, 3.63) is 72.1 Å². The molecule has 2 aromatic carbocycles. The summed E-state index contributed by atoms with van der Waals surface area (Å²) in [5.74, 6) is 3.54. The quantitative estimate of drug-likeness (QED) is 0.309. The molecule has 0 aliphatic heterocycles. The monoisotopic (exact) mass is 460 g/mol. The van der Waals surface area contributed by atoms with Gasteiger partial charge in [-0.2, -0.15) is 0 Å². The lowest BCUT2D eigenvalue weighted by Crippen LogP contribution is -2.25. The van der Waals surface area contributed by atoms with E-state index in [0.29, 0.717) is 0 Å². The van der Waals surface area contributed by atoms with Crippen molar-refractivity contribution in [3.8, 4) is 0 Å². The molecule has 4 rings (SSSR count). The van der Waals surface area contributed by atoms with Gasteiger partial charge in [0.05, 0.1) is 0 Å². The lowest BCUT2D eigenvalue weighted by atomic mass is 9.68. The summed E-state index contributed by atoms with van der Waals surface area (Å²) in [6.07, 6.45) is 24.5. The average molecular weight is 461 g/mol. The average Bonchev–Trinajstić information content (AvgIpc) is 2.88. The number of halogens is 1. The van der Waals surface area contributed by atoms with Crippen LogP contribution in [0.3, 0.4) is 0 Å². The van der Waals surface area contributed by atoms with Crippen molar-refractivity contribution in [2.75, 3.05) is 0 Å². The Morgan fingerprint density at radius 3 is 2.32 bits per heavy atom. The van der Waals surface area contributed by atoms with Gasteiger partial charge >= 0.3 is 0 Å². The Morgan fingerprint density at radius 1 is 0.882 bits per heavy atom. The molecular formula is C33H45F. The number of hydrogen-bond donors (Lipinski definition) is 0. The first kappa shape index (κ1) is 25.2. The second kappa shape index (κ2) is 12.7. The third kappa shape index (κ3) is 6.61. The Morgan fingerprint density at radius 2 is 1.62 bits per heavy atom. The third-order valence-corrected chi connectivity index (χ3v) is 8.80. The fourth-order valence-corrected chi connectivity index (χ4v) is 6.58. The number of unbranched alkanes of at least 4 members (excludes halogenated alkanes) is 1. The summed E-state index contributed by atoms with van der Waals surface area (Å²) in [4.78, 5) is 0. The van der Waals surface area contributed by atoms with E-state index in [4.69, 9.17) is 0 Å². The topological polar surface area (TPSA) is 0 Å². The molecule has 0 spiro atoms. The normalized spacial score (nSPS) is 25.7. The Kier molecular flexibility index (Phi) is 9.42. The number of benzene rings is 2. The van der Waals surface area contributed by atoms with Crippen LogP contribution >= 0.6 is 0 Å². The summed E-state index contributed by atoms with van der Waals surface area (Å²) in [5, 5.41) is 1.81. The second-order valence-corrected chi connectivity index (χ2v) is 11.1. The van der Waals surface area contributed by atoms with Crippen LogP contribution in [-0.4, -0.2) is 0 Å². The lowest BCUT2D eigenvalue weighted by Gasteiger charge is -2.37. The molecule has 0 saturated heterocycles. The maximum absolute atomic E-state index is 15.2. The molecule has 0 unspecified atom stereocenters. The van der Waals surface area contributed by atoms with E-state index in [1.807, 2.05) is 18.2 Å². The smallest absolute Gasteiger partial charge is 0.134 e. The summed E-state index contributed by atoms with van der Waals surface area (Å²) in [6.45, 7) is 6.06. The number of rotatable bonds is 10. The molecule has 2 fully saturated rings. The highest BCUT2D eigenvalue weighted by atomic mass is 19.1. The standard InChI is InChI=1S/C33H45F/c1-3-5-7-9-25-10-16-28(17-11-25)29-18-12-26(13-19-29)14-20-30-21-22-31-24-27(8-6-4-2)15-23-32(31)33(30)34/h4,7,9,15,21-26,28-29H,2-3,5-6,8,10-14,16-20H2,1H3/b9-7+. The molecule has 184 valence electrons. The van der Waals surface area contributed by atoms with Crippen molar-refractivity contribution in [2.45, 2.75) is 96.8 Å². The maximum Gasteiger partial charge on any atom is 0.134 e. The summed E-state index contributed by atoms with van der Waals surface area (Å²) >= 11 is 0. The van der Waals surface area contributed by atoms with Gasteiger partial charge in [-0.3, -0.25) is 0 Å². The minimum Gasteiger partial charge on any atom is -0.206 e. The lowest BCUT2D eigenvalue weighted by molar-refractivity contribution is 0.152. The number of aryl methyl sites for hydroxylation is 2. The molecule has 2 aromatic rings. The first-order chi connectivity index (χ1) is 16.7. The van der Waals surface area contributed by atoms with Crippen molar-refractivity contribution in [3.63, 3.8) is 0 Å². The SMILES string of the molecule is C=CCCc1ccc2c(F)c(CCC3CCC(C4CCC(/C=C/CCC)CC4)CC3)ccc2c1. The minimum atomic E-state index is 0.00574. The second-order valence-electron chi connectivity index (χ2n) is 11.1. The Hall–Kier alpha value is -1.89. The Balaban J connectivity index is 1.23. The van der Waals surface area contributed by atoms with E-state index in [2.05, 4.69) is 43.9 Å². The number of hydrogen-bond acceptors (Lipinski definition) is 0. The van der Waals surface area contributed by atoms with Gasteiger partial charge in [0.1, 0.15) is 5.82 Å². The molecule has 0 amide bonds. The van der Waals surface area contributed by atoms with Crippen molar-refractivity contribution < 1.29 is 4.39 Å². The summed E-state index contributed by atoms with van der Waals surface area (Å²) in [5.41, 5.74) is 2.17. The highest BCUT2D eigenvalue weighted by molar-refractivity contribution is 5.84. The van der Waals surface area contributed by atoms with Gasteiger partial charge in [-0.05, 0) is 111 Å². The minimum absolute atomic E-state index is 0.00574. The van der Waals surface area contributed by atoms with Crippen LogP contribution < -0.4 is 0 Å². The summed E-state index contributed by atoms with van der Waals surface area (Å²) in [7, 11) is 0. The van der Waals surface area contributed by atoms with E-state index in [1.54, 1.807) is 0 Å². The zero-order chi connectivity index (χ0) is 23.8. The van der Waals surface area contributed by atoms with Crippen molar-refractivity contribution in [1.29, 1.82) is 0 Å². The van der Waals surface area contributed by atoms with Crippen LogP contribution in [0.2, 0.25) is 0 Å². The summed E-state index contributed by atoms with van der Waals surface area (Å²) < 4.78 is 15.2. The molecule has 0 N–H and O–H groups in total. The maximum atomic E-state index is 15.2. The van der Waals surface area contributed by atoms with Gasteiger partial charge in [0.2, 0.25) is 0 Å². The van der Waals surface area contributed by atoms with Crippen LogP contribution in [-0.2, 0) is 12.8 Å². The Bertz CT molecular complexity index is 938. The van der Waals surface area contributed by atoms with E-state index in [-0.39, 0.29) is 5.82 Å². The molecule has 2 aliphatic rings. The third-order valence-electron chi connectivity index (χ3n) is 8.80. The van der Waals surface area contributed by atoms with E-state index < -0.39 is 0 Å². The van der Waals surface area contributed by atoms with Gasteiger partial charge in [0, 0.05) is 5.39 Å². The molecule has 0 radical (unpaired) electrons. The van der Waals surface area contributed by atoms with Gasteiger partial charge in [-0.15, -0.1) is 6.58 Å². The van der Waals surface area contributed by atoms with Crippen molar-refractivity contribution in [1.82, 2.24) is 0 Å². The van der Waals surface area contributed by atoms with Crippen LogP contribution in [0.25, 0.3) is 10.8 Å². The predicted molar refractivity (Wildman–Crippen MR) is 146 cm³/mol. The zero-order valence-corrected chi connectivity index (χ0v) is 21.4. The first-order valence-electron chi connectivity index (χ1n) is 14.2. The largest absolute Gasteiger partial charge is 0.206 e. The van der Waals surface area contributed by atoms with Gasteiger partial charge in [0.15, 0.2) is 0 Å². The molecule has 2 saturated carbocycles. The van der Waals surface area contributed by atoms with E-state index in [0.717, 1.165) is 65.7 Å². The van der Waals surface area contributed by atoms with Gasteiger partial charge in [-0.1, -0.05) is 74.7 Å². The molecule has 2 aliphatic carbocycles. The van der Waals surface area contributed by atoms with Gasteiger partial charge in [-0.25, -0.2) is 4.39 Å². The fraction of sp³-hybridized carbons (Fsp3) is 0.576. The molecule has 1 heteroatoms. The molecule has 0 aromatic heterocycles. The van der Waals surface area contributed by atoms with Crippen molar-refractivity contribution >= 4 is 10.8 Å². The van der Waals surface area contributed by atoms with Crippen LogP contribution in [0, 0.1) is 29.5 Å². The molecular weight excluding hydrogens is 415 g/mol. The van der Waals surface area contributed by atoms with Crippen LogP contribution in [0.4, 0.5) is 4.39 Å². The predicted octanol–water partition coefficient (Wildman–Crippen LogP) is 10.00. The molecule has 0 atom stereocenters. The van der Waals surface area contributed by atoms with Crippen molar-refractivity contribution in [2.24, 2.45) is 23.7 Å². The van der Waals surface area contributed by atoms with Crippen LogP contribution in [0.5, 0.6) is 0 Å². The highest BCUT2D eigenvalue weighted by Gasteiger charge is 2.30. The highest BCUT2D eigenvalue weighted by Crippen LogP contribution is 2.42. The van der Waals surface area contributed by atoms with Gasteiger partial charge < -0.3 is 0 Å². The van der Waals surface area contributed by atoms with Crippen LogP contribution in [0.1, 0.15) is 95.1 Å². The molecule has 0 nitrogen and oxygen atoms in total. The van der Waals surface area contributed by atoms with Gasteiger partial charge in [0.25, 0.3) is 0 Å². The fourth-order valence-electron chi connectivity index (χ4n) is 6.58. The molecule has 34 heavy (non-hydrogen) atoms. The van der Waals surface area contributed by atoms with E-state index in [1.165, 1.54) is 69.8 Å². The molecule has 0 heterocycles. The zero-order valence-electron chi connectivity index (χ0n) is 21.4. The summed E-state index contributed by atoms with van der Waals surface area (Å²) in [6, 6.07) is 10.4. The number of fused-ring (bicyclic) bond motifs is 1. The van der Waals surface area contributed by atoms with E-state index >= 15 is 4.39 Å².